The van der Waals surface area contributed by atoms with Crippen LogP contribution >= 0.6 is 24.0 Å². The largest absolute Gasteiger partial charge is 0.489 e. The lowest BCUT2D eigenvalue weighted by Gasteiger charge is -2.19. The van der Waals surface area contributed by atoms with Crippen LogP contribution in [0.15, 0.2) is 17.0 Å². The Hall–Kier alpha value is -0.530. The summed E-state index contributed by atoms with van der Waals surface area (Å²) in [5, 5.41) is 0.376. The van der Waals surface area contributed by atoms with Crippen molar-refractivity contribution in [2.75, 3.05) is 13.1 Å². The lowest BCUT2D eigenvalue weighted by molar-refractivity contribution is 0.255. The maximum absolute atomic E-state index is 13.0. The summed E-state index contributed by atoms with van der Waals surface area (Å²) in [7, 11) is -3.53. The fraction of sp³-hybridized carbons (Fsp3) is 0.625. The Kier molecular flexibility index (Phi) is 4.81. The minimum absolute atomic E-state index is 0. The number of nitrogens with two attached hydrogens (primary N) is 1. The van der Waals surface area contributed by atoms with Gasteiger partial charge in [-0.1, -0.05) is 11.6 Å². The third kappa shape index (κ3) is 2.82. The van der Waals surface area contributed by atoms with Crippen LogP contribution in [0.3, 0.4) is 0 Å². The van der Waals surface area contributed by atoms with E-state index in [1.54, 1.807) is 10.4 Å². The average molecular weight is 393 g/mol. The molecule has 0 radical (unpaired) electrons. The summed E-state index contributed by atoms with van der Waals surface area (Å²) in [6, 6.07) is 3.36. The van der Waals surface area contributed by atoms with Gasteiger partial charge in [-0.3, -0.25) is 0 Å². The highest BCUT2D eigenvalue weighted by atomic mass is 35.5. The number of hydrogen-bond donors (Lipinski definition) is 1. The van der Waals surface area contributed by atoms with Gasteiger partial charge in [0.1, 0.15) is 11.9 Å². The molecule has 1 aromatic carbocycles. The number of fused-ring (bicyclic) bond motifs is 2. The molecule has 0 bridgehead atoms. The molecule has 1 saturated heterocycles. The topological polar surface area (TPSA) is 72.6 Å². The number of rotatable bonds is 2. The lowest BCUT2D eigenvalue weighted by Crippen LogP contribution is -2.33. The summed E-state index contributed by atoms with van der Waals surface area (Å²) >= 11 is 6.24. The van der Waals surface area contributed by atoms with Crippen LogP contribution in [-0.4, -0.2) is 38.0 Å². The first-order valence-electron chi connectivity index (χ1n) is 8.11. The molecule has 1 saturated carbocycles. The van der Waals surface area contributed by atoms with Crippen LogP contribution in [0.25, 0.3) is 0 Å². The van der Waals surface area contributed by atoms with Gasteiger partial charge in [-0.2, -0.15) is 4.31 Å². The fourth-order valence-corrected chi connectivity index (χ4v) is 6.18. The minimum Gasteiger partial charge on any atom is -0.489 e. The van der Waals surface area contributed by atoms with Crippen LogP contribution in [0.2, 0.25) is 5.02 Å². The van der Waals surface area contributed by atoms with Crippen molar-refractivity contribution in [3.8, 4) is 5.75 Å². The second-order valence-electron chi connectivity index (χ2n) is 7.01. The Labute approximate surface area is 153 Å². The molecule has 4 atom stereocenters. The second kappa shape index (κ2) is 6.32. The van der Waals surface area contributed by atoms with Gasteiger partial charge in [0, 0.05) is 31.1 Å². The minimum atomic E-state index is -3.53. The standard InChI is InChI=1S/C16H21ClN2O3S.ClH/c1-9-4-11-5-12(6-14(17)16(11)22-9)23(20,21)19-7-10-2-3-15(18)13(10)8-19;/h5-6,9-10,13,15H,2-4,7-8,18H2,1H3;1H. The predicted molar refractivity (Wildman–Crippen MR) is 95.4 cm³/mol. The summed E-state index contributed by atoms with van der Waals surface area (Å²) in [6.07, 6.45) is 2.75. The third-order valence-corrected chi connectivity index (χ3v) is 7.53. The van der Waals surface area contributed by atoms with Crippen LogP contribution in [0.5, 0.6) is 5.75 Å². The van der Waals surface area contributed by atoms with E-state index in [1.807, 2.05) is 6.92 Å². The van der Waals surface area contributed by atoms with Gasteiger partial charge < -0.3 is 10.5 Å². The van der Waals surface area contributed by atoms with Crippen LogP contribution in [-0.2, 0) is 16.4 Å². The van der Waals surface area contributed by atoms with Gasteiger partial charge in [0.05, 0.1) is 9.92 Å². The molecule has 0 amide bonds. The van der Waals surface area contributed by atoms with Gasteiger partial charge in [-0.05, 0) is 43.7 Å². The highest BCUT2D eigenvalue weighted by molar-refractivity contribution is 7.89. The smallest absolute Gasteiger partial charge is 0.243 e. The van der Waals surface area contributed by atoms with Crippen molar-refractivity contribution < 1.29 is 13.2 Å². The van der Waals surface area contributed by atoms with E-state index in [1.165, 1.54) is 6.07 Å². The van der Waals surface area contributed by atoms with E-state index >= 15 is 0 Å². The zero-order chi connectivity index (χ0) is 16.4. The Morgan fingerprint density at radius 1 is 1.29 bits per heavy atom. The zero-order valence-electron chi connectivity index (χ0n) is 13.4. The quantitative estimate of drug-likeness (QED) is 0.838. The molecule has 2 fully saturated rings. The first-order chi connectivity index (χ1) is 10.9. The van der Waals surface area contributed by atoms with E-state index in [2.05, 4.69) is 0 Å². The first-order valence-corrected chi connectivity index (χ1v) is 9.93. The fourth-order valence-electron chi connectivity index (χ4n) is 4.22. The van der Waals surface area contributed by atoms with Gasteiger partial charge in [0.2, 0.25) is 10.0 Å². The molecule has 0 aromatic heterocycles. The van der Waals surface area contributed by atoms with Crippen molar-refractivity contribution in [3.05, 3.63) is 22.7 Å². The SMILES string of the molecule is CC1Cc2cc(S(=O)(=O)N3CC4CCC(N)C4C3)cc(Cl)c2O1.Cl. The molecule has 2 aliphatic heterocycles. The van der Waals surface area contributed by atoms with E-state index in [-0.39, 0.29) is 35.4 Å². The summed E-state index contributed by atoms with van der Waals surface area (Å²) < 4.78 is 33.2. The molecule has 5 nitrogen and oxygen atoms in total. The van der Waals surface area contributed by atoms with Crippen molar-refractivity contribution in [2.24, 2.45) is 17.6 Å². The number of sulfonamides is 1. The third-order valence-electron chi connectivity index (χ3n) is 5.44. The van der Waals surface area contributed by atoms with Gasteiger partial charge in [-0.15, -0.1) is 12.4 Å². The molecule has 0 spiro atoms. The molecule has 2 N–H and O–H groups in total. The van der Waals surface area contributed by atoms with Crippen LogP contribution in [0.4, 0.5) is 0 Å². The Morgan fingerprint density at radius 2 is 2.04 bits per heavy atom. The van der Waals surface area contributed by atoms with Crippen molar-refractivity contribution >= 4 is 34.0 Å². The molecule has 4 unspecified atom stereocenters. The van der Waals surface area contributed by atoms with Crippen molar-refractivity contribution in [1.82, 2.24) is 4.31 Å². The monoisotopic (exact) mass is 392 g/mol. The molecule has 2 heterocycles. The highest BCUT2D eigenvalue weighted by Gasteiger charge is 2.45. The van der Waals surface area contributed by atoms with Gasteiger partial charge >= 0.3 is 0 Å². The maximum atomic E-state index is 13.0. The zero-order valence-corrected chi connectivity index (χ0v) is 15.8. The van der Waals surface area contributed by atoms with E-state index < -0.39 is 10.0 Å². The molecule has 1 aliphatic carbocycles. The van der Waals surface area contributed by atoms with Crippen molar-refractivity contribution in [2.45, 2.75) is 43.2 Å². The molecule has 8 heteroatoms. The lowest BCUT2D eigenvalue weighted by atomic mass is 9.98. The van der Waals surface area contributed by atoms with E-state index in [0.29, 0.717) is 36.2 Å². The van der Waals surface area contributed by atoms with E-state index in [4.69, 9.17) is 22.1 Å². The second-order valence-corrected chi connectivity index (χ2v) is 9.36. The van der Waals surface area contributed by atoms with Gasteiger partial charge in [-0.25, -0.2) is 8.42 Å². The van der Waals surface area contributed by atoms with Gasteiger partial charge in [0.15, 0.2) is 0 Å². The Morgan fingerprint density at radius 3 is 2.75 bits per heavy atom. The molecule has 3 aliphatic rings. The van der Waals surface area contributed by atoms with Crippen molar-refractivity contribution in [1.29, 1.82) is 0 Å². The van der Waals surface area contributed by atoms with Gasteiger partial charge in [0.25, 0.3) is 0 Å². The Balaban J connectivity index is 0.00000169. The number of halogens is 2. The van der Waals surface area contributed by atoms with Crippen LogP contribution in [0, 0.1) is 11.8 Å². The maximum Gasteiger partial charge on any atom is 0.243 e. The molecular weight excluding hydrogens is 371 g/mol. The number of benzene rings is 1. The number of nitrogens with zero attached hydrogens (tertiary/aromatic N) is 1. The molecule has 4 rings (SSSR count). The summed E-state index contributed by atoms with van der Waals surface area (Å²) in [5.74, 6) is 1.31. The predicted octanol–water partition coefficient (Wildman–Crippen LogP) is 2.44. The number of ether oxygens (including phenoxy) is 1. The average Bonchev–Trinajstić information content (AvgIpc) is 3.14. The highest BCUT2D eigenvalue weighted by Crippen LogP contribution is 2.42. The van der Waals surface area contributed by atoms with Crippen LogP contribution in [0.1, 0.15) is 25.3 Å². The Bertz CT molecular complexity index is 756. The summed E-state index contributed by atoms with van der Waals surface area (Å²) in [6.45, 7) is 3.05. The molecule has 1 aromatic rings. The first kappa shape index (κ1) is 18.3. The molecule has 24 heavy (non-hydrogen) atoms. The number of hydrogen-bond acceptors (Lipinski definition) is 4. The summed E-state index contributed by atoms with van der Waals surface area (Å²) in [5.41, 5.74) is 6.99. The van der Waals surface area contributed by atoms with E-state index in [0.717, 1.165) is 18.4 Å². The van der Waals surface area contributed by atoms with Crippen molar-refractivity contribution in [3.63, 3.8) is 0 Å². The van der Waals surface area contributed by atoms with E-state index in [9.17, 15) is 8.42 Å². The summed E-state index contributed by atoms with van der Waals surface area (Å²) in [4.78, 5) is 0.271. The molecular formula is C16H22Cl2N2O3S. The normalized spacial score (nSPS) is 32.1. The van der Waals surface area contributed by atoms with Crippen LogP contribution < -0.4 is 10.5 Å². The molecule has 134 valence electrons.